The molecular formula is C20H38Si. The minimum absolute atomic E-state index is 1.07. The van der Waals surface area contributed by atoms with E-state index in [0.717, 1.165) is 0 Å². The van der Waals surface area contributed by atoms with E-state index in [9.17, 15) is 0 Å². The highest BCUT2D eigenvalue weighted by atomic mass is 28.3. The first-order valence-corrected chi connectivity index (χ1v) is 12.8. The van der Waals surface area contributed by atoms with Crippen molar-refractivity contribution in [2.24, 2.45) is 0 Å². The number of hydrogen-bond acceptors (Lipinski definition) is 0. The molecule has 0 radical (unpaired) electrons. The van der Waals surface area contributed by atoms with Crippen molar-refractivity contribution in [1.82, 2.24) is 0 Å². The third kappa shape index (κ3) is 3.28. The van der Waals surface area contributed by atoms with Crippen molar-refractivity contribution in [2.45, 2.75) is 126 Å². The van der Waals surface area contributed by atoms with Crippen LogP contribution in [0.15, 0.2) is 0 Å². The van der Waals surface area contributed by atoms with Crippen molar-refractivity contribution in [3.8, 4) is 0 Å². The van der Waals surface area contributed by atoms with E-state index in [1.54, 1.807) is 102 Å². The average Bonchev–Trinajstić information content (AvgIpc) is 2.59. The second kappa shape index (κ2) is 7.66. The van der Waals surface area contributed by atoms with Crippen LogP contribution in [0.3, 0.4) is 0 Å². The van der Waals surface area contributed by atoms with E-state index in [0.29, 0.717) is 0 Å². The van der Waals surface area contributed by atoms with E-state index in [-0.39, 0.29) is 0 Å². The summed E-state index contributed by atoms with van der Waals surface area (Å²) in [4.78, 5) is 0. The molecule has 1 heteroatoms. The van der Waals surface area contributed by atoms with Crippen LogP contribution in [0.5, 0.6) is 0 Å². The highest BCUT2D eigenvalue weighted by Gasteiger charge is 2.50. The molecule has 0 nitrogen and oxygen atoms in total. The molecule has 0 unspecified atom stereocenters. The van der Waals surface area contributed by atoms with Gasteiger partial charge in [-0.25, -0.2) is 0 Å². The lowest BCUT2D eigenvalue weighted by atomic mass is 9.98. The number of hydrogen-bond donors (Lipinski definition) is 0. The SMILES string of the molecule is CC[Si](C1CCCCC1)(C1CCCCC1)C1CCCCC1. The quantitative estimate of drug-likeness (QED) is 0.473. The lowest BCUT2D eigenvalue weighted by Gasteiger charge is -2.53. The molecule has 3 aliphatic carbocycles. The van der Waals surface area contributed by atoms with Gasteiger partial charge >= 0.3 is 0 Å². The fourth-order valence-electron chi connectivity index (χ4n) is 6.79. The van der Waals surface area contributed by atoms with Crippen molar-refractivity contribution in [3.63, 3.8) is 0 Å². The highest BCUT2D eigenvalue weighted by molar-refractivity contribution is 6.83. The summed E-state index contributed by atoms with van der Waals surface area (Å²) in [6, 6.07) is 1.63. The van der Waals surface area contributed by atoms with Crippen molar-refractivity contribution < 1.29 is 0 Å². The van der Waals surface area contributed by atoms with Crippen LogP contribution >= 0.6 is 0 Å². The third-order valence-electron chi connectivity index (χ3n) is 7.71. The molecular weight excluding hydrogens is 268 g/mol. The molecule has 3 fully saturated rings. The Labute approximate surface area is 134 Å². The van der Waals surface area contributed by atoms with Crippen LogP contribution in [0.2, 0.25) is 22.7 Å². The summed E-state index contributed by atoms with van der Waals surface area (Å²) in [7, 11) is -1.07. The lowest BCUT2D eigenvalue weighted by molar-refractivity contribution is 0.413. The Bertz CT molecular complexity index is 247. The van der Waals surface area contributed by atoms with E-state index < -0.39 is 8.07 Å². The second-order valence-electron chi connectivity index (χ2n) is 8.47. The fraction of sp³-hybridized carbons (Fsp3) is 1.00. The molecule has 3 aliphatic rings. The molecule has 0 saturated heterocycles. The molecule has 0 atom stereocenters. The van der Waals surface area contributed by atoms with Crippen molar-refractivity contribution in [3.05, 3.63) is 0 Å². The zero-order chi connectivity index (χ0) is 14.5. The maximum atomic E-state index is 2.63. The van der Waals surface area contributed by atoms with E-state index in [4.69, 9.17) is 0 Å². The van der Waals surface area contributed by atoms with E-state index in [1.807, 2.05) is 0 Å². The Balaban J connectivity index is 1.85. The van der Waals surface area contributed by atoms with Crippen LogP contribution < -0.4 is 0 Å². The summed E-state index contributed by atoms with van der Waals surface area (Å²) in [6.45, 7) is 2.63. The molecule has 0 spiro atoms. The van der Waals surface area contributed by atoms with Crippen LogP contribution in [0.1, 0.15) is 103 Å². The van der Waals surface area contributed by atoms with Gasteiger partial charge in [0.1, 0.15) is 0 Å². The topological polar surface area (TPSA) is 0 Å². The Morgan fingerprint density at radius 3 is 1.05 bits per heavy atom. The molecule has 21 heavy (non-hydrogen) atoms. The predicted molar refractivity (Wildman–Crippen MR) is 96.7 cm³/mol. The monoisotopic (exact) mass is 306 g/mol. The largest absolute Gasteiger partial charge is 0.0677 e. The first-order chi connectivity index (χ1) is 10.4. The van der Waals surface area contributed by atoms with Gasteiger partial charge in [0.25, 0.3) is 0 Å². The van der Waals surface area contributed by atoms with Crippen molar-refractivity contribution >= 4 is 8.07 Å². The molecule has 3 rings (SSSR count). The smallest absolute Gasteiger partial charge is 0.0626 e. The predicted octanol–water partition coefficient (Wildman–Crippen LogP) is 7.46. The van der Waals surface area contributed by atoms with Gasteiger partial charge in [0.2, 0.25) is 0 Å². The van der Waals surface area contributed by atoms with E-state index in [2.05, 4.69) is 6.92 Å². The molecule has 0 heterocycles. The van der Waals surface area contributed by atoms with Gasteiger partial charge in [-0.15, -0.1) is 0 Å². The lowest BCUT2D eigenvalue weighted by Crippen LogP contribution is -2.50. The van der Waals surface area contributed by atoms with Gasteiger partial charge in [0.05, 0.1) is 8.07 Å². The minimum Gasteiger partial charge on any atom is -0.0677 e. The standard InChI is InChI=1S/C20H38Si/c1-2-21(18-12-6-3-7-13-18,19-14-8-4-9-15-19)20-16-10-5-11-17-20/h18-20H,2-17H2,1H3. The summed E-state index contributed by atoms with van der Waals surface area (Å²) < 4.78 is 0. The first-order valence-electron chi connectivity index (χ1n) is 10.4. The summed E-state index contributed by atoms with van der Waals surface area (Å²) in [6.07, 6.45) is 23.8. The Hall–Kier alpha value is 0.217. The average molecular weight is 307 g/mol. The summed E-state index contributed by atoms with van der Waals surface area (Å²) >= 11 is 0. The van der Waals surface area contributed by atoms with Gasteiger partial charge in [-0.1, -0.05) is 109 Å². The van der Waals surface area contributed by atoms with Crippen LogP contribution in [0.25, 0.3) is 0 Å². The summed E-state index contributed by atoms with van der Waals surface area (Å²) in [5.74, 6) is 0. The molecule has 0 N–H and O–H groups in total. The maximum Gasteiger partial charge on any atom is 0.0626 e. The summed E-state index contributed by atoms with van der Waals surface area (Å²) in [5.41, 5.74) is 3.67. The molecule has 0 aromatic heterocycles. The van der Waals surface area contributed by atoms with Crippen LogP contribution in [0, 0.1) is 0 Å². The Kier molecular flexibility index (Phi) is 5.87. The highest BCUT2D eigenvalue weighted by Crippen LogP contribution is 2.58. The molecule has 0 bridgehead atoms. The zero-order valence-electron chi connectivity index (χ0n) is 14.5. The van der Waals surface area contributed by atoms with Gasteiger partial charge in [-0.3, -0.25) is 0 Å². The van der Waals surface area contributed by atoms with Crippen LogP contribution in [-0.2, 0) is 0 Å². The normalized spacial score (nSPS) is 27.9. The van der Waals surface area contributed by atoms with Crippen LogP contribution in [0.4, 0.5) is 0 Å². The zero-order valence-corrected chi connectivity index (χ0v) is 15.5. The minimum atomic E-state index is -1.07. The molecule has 0 aromatic rings. The third-order valence-corrected chi connectivity index (χ3v) is 15.2. The molecule has 0 amide bonds. The molecule has 122 valence electrons. The second-order valence-corrected chi connectivity index (χ2v) is 13.9. The molecule has 0 aliphatic heterocycles. The maximum absolute atomic E-state index is 2.63. The van der Waals surface area contributed by atoms with E-state index >= 15 is 0 Å². The van der Waals surface area contributed by atoms with E-state index in [1.165, 1.54) is 16.6 Å². The fourth-order valence-corrected chi connectivity index (χ4v) is 15.0. The van der Waals surface area contributed by atoms with Crippen molar-refractivity contribution in [1.29, 1.82) is 0 Å². The molecule has 0 aromatic carbocycles. The van der Waals surface area contributed by atoms with Crippen LogP contribution in [-0.4, -0.2) is 8.07 Å². The first kappa shape index (κ1) is 16.1. The van der Waals surface area contributed by atoms with Crippen molar-refractivity contribution in [2.75, 3.05) is 0 Å². The van der Waals surface area contributed by atoms with Gasteiger partial charge in [0, 0.05) is 0 Å². The molecule has 3 saturated carbocycles. The van der Waals surface area contributed by atoms with Gasteiger partial charge in [0.15, 0.2) is 0 Å². The Morgan fingerprint density at radius 2 is 0.810 bits per heavy atom. The summed E-state index contributed by atoms with van der Waals surface area (Å²) in [5, 5.41) is 0. The number of rotatable bonds is 4. The van der Waals surface area contributed by atoms with Gasteiger partial charge in [-0.05, 0) is 16.6 Å². The van der Waals surface area contributed by atoms with Gasteiger partial charge < -0.3 is 0 Å². The Morgan fingerprint density at radius 1 is 0.524 bits per heavy atom. The van der Waals surface area contributed by atoms with Gasteiger partial charge in [-0.2, -0.15) is 0 Å².